The third kappa shape index (κ3) is 2.85. The highest BCUT2D eigenvalue weighted by atomic mass is 16.7. The third-order valence-corrected chi connectivity index (χ3v) is 5.65. The first-order valence-electron chi connectivity index (χ1n) is 9.44. The summed E-state index contributed by atoms with van der Waals surface area (Å²) >= 11 is 0. The van der Waals surface area contributed by atoms with Crippen LogP contribution in [0.3, 0.4) is 0 Å². The van der Waals surface area contributed by atoms with Crippen LogP contribution in [0.2, 0.25) is 0 Å². The van der Waals surface area contributed by atoms with Crippen LogP contribution in [0.15, 0.2) is 47.7 Å². The van der Waals surface area contributed by atoms with Crippen LogP contribution in [0, 0.1) is 15.5 Å². The number of non-ortho nitro benzene ring substituents is 1. The van der Waals surface area contributed by atoms with Gasteiger partial charge in [0.25, 0.3) is 5.69 Å². The van der Waals surface area contributed by atoms with Gasteiger partial charge in [-0.25, -0.2) is 0 Å². The summed E-state index contributed by atoms with van der Waals surface area (Å²) in [5, 5.41) is 11.1. The van der Waals surface area contributed by atoms with Crippen molar-refractivity contribution in [1.82, 2.24) is 0 Å². The second kappa shape index (κ2) is 6.07. The largest absolute Gasteiger partial charge is 0.461 e. The van der Waals surface area contributed by atoms with E-state index in [9.17, 15) is 14.9 Å². The van der Waals surface area contributed by atoms with Crippen LogP contribution < -0.4 is 14.2 Å². The lowest BCUT2D eigenvalue weighted by Crippen LogP contribution is -2.32. The molecule has 0 amide bonds. The average molecular weight is 393 g/mol. The Morgan fingerprint density at radius 1 is 1.03 bits per heavy atom. The van der Waals surface area contributed by atoms with Crippen molar-refractivity contribution >= 4 is 11.5 Å². The van der Waals surface area contributed by atoms with Gasteiger partial charge < -0.3 is 14.2 Å². The number of fused-ring (bicyclic) bond motifs is 2. The topological polar surface area (TPSA) is 87.9 Å². The quantitative estimate of drug-likeness (QED) is 0.552. The fourth-order valence-electron chi connectivity index (χ4n) is 4.37. The Hall–Kier alpha value is -3.35. The number of ketones is 1. The maximum Gasteiger partial charge on any atom is 0.269 e. The number of allylic oxidation sites excluding steroid dienone is 2. The molecule has 2 aromatic rings. The molecule has 1 unspecified atom stereocenters. The first kappa shape index (κ1) is 17.7. The molecule has 0 radical (unpaired) electrons. The van der Waals surface area contributed by atoms with Crippen LogP contribution in [0.5, 0.6) is 17.2 Å². The molecule has 0 N–H and O–H groups in total. The van der Waals surface area contributed by atoms with Gasteiger partial charge >= 0.3 is 0 Å². The summed E-state index contributed by atoms with van der Waals surface area (Å²) in [6.45, 7) is 4.24. The summed E-state index contributed by atoms with van der Waals surface area (Å²) in [5.41, 5.74) is 2.06. The number of carbonyl (C=O) groups excluding carboxylic acids is 1. The lowest BCUT2D eigenvalue weighted by molar-refractivity contribution is -0.384. The van der Waals surface area contributed by atoms with Crippen LogP contribution in [0.1, 0.15) is 43.7 Å². The van der Waals surface area contributed by atoms with E-state index in [0.717, 1.165) is 11.1 Å². The van der Waals surface area contributed by atoms with E-state index in [1.54, 1.807) is 18.2 Å². The van der Waals surface area contributed by atoms with Gasteiger partial charge in [-0.05, 0) is 17.0 Å². The lowest BCUT2D eigenvalue weighted by atomic mass is 9.70. The molecular formula is C22H19NO6. The molecule has 1 aliphatic carbocycles. The predicted molar refractivity (Wildman–Crippen MR) is 103 cm³/mol. The van der Waals surface area contributed by atoms with Crippen LogP contribution in [0.4, 0.5) is 5.69 Å². The van der Waals surface area contributed by atoms with E-state index >= 15 is 0 Å². The van der Waals surface area contributed by atoms with Gasteiger partial charge in [0.1, 0.15) is 11.5 Å². The summed E-state index contributed by atoms with van der Waals surface area (Å²) in [6, 6.07) is 10.00. The molecule has 2 aromatic carbocycles. The number of nitro benzene ring substituents is 1. The minimum absolute atomic E-state index is 0.0111. The Morgan fingerprint density at radius 3 is 2.41 bits per heavy atom. The molecule has 2 aliphatic heterocycles. The maximum atomic E-state index is 13.1. The molecular weight excluding hydrogens is 374 g/mol. The number of ether oxygens (including phenoxy) is 3. The normalized spacial score (nSPS) is 21.3. The number of carbonyl (C=O) groups is 1. The van der Waals surface area contributed by atoms with Crippen molar-refractivity contribution in [2.45, 2.75) is 32.6 Å². The highest BCUT2D eigenvalue weighted by Gasteiger charge is 2.42. The molecule has 3 aliphatic rings. The first-order valence-corrected chi connectivity index (χ1v) is 9.44. The smallest absolute Gasteiger partial charge is 0.269 e. The molecule has 7 heteroatoms. The second-order valence-electron chi connectivity index (χ2n) is 8.40. The van der Waals surface area contributed by atoms with E-state index in [4.69, 9.17) is 14.2 Å². The van der Waals surface area contributed by atoms with E-state index in [1.807, 2.05) is 19.9 Å². The van der Waals surface area contributed by atoms with E-state index in [0.29, 0.717) is 41.4 Å². The third-order valence-electron chi connectivity index (χ3n) is 5.65. The maximum absolute atomic E-state index is 13.1. The molecule has 148 valence electrons. The summed E-state index contributed by atoms with van der Waals surface area (Å²) in [5.74, 6) is 2.18. The van der Waals surface area contributed by atoms with Crippen molar-refractivity contribution < 1.29 is 23.9 Å². The van der Waals surface area contributed by atoms with Crippen molar-refractivity contribution in [3.05, 3.63) is 69.0 Å². The molecule has 29 heavy (non-hydrogen) atoms. The van der Waals surface area contributed by atoms with Crippen LogP contribution in [0.25, 0.3) is 0 Å². The summed E-state index contributed by atoms with van der Waals surface area (Å²) < 4.78 is 17.2. The molecule has 7 nitrogen and oxygen atoms in total. The highest BCUT2D eigenvalue weighted by Crippen LogP contribution is 2.52. The fraction of sp³-hybridized carbons (Fsp3) is 0.318. The Balaban J connectivity index is 1.70. The van der Waals surface area contributed by atoms with Gasteiger partial charge in [-0.15, -0.1) is 0 Å². The predicted octanol–water partition coefficient (Wildman–Crippen LogP) is 4.49. The second-order valence-corrected chi connectivity index (χ2v) is 8.40. The van der Waals surface area contributed by atoms with E-state index in [-0.39, 0.29) is 29.6 Å². The van der Waals surface area contributed by atoms with Gasteiger partial charge in [0, 0.05) is 48.1 Å². The zero-order valence-corrected chi connectivity index (χ0v) is 16.1. The molecule has 1 atom stereocenters. The molecule has 2 heterocycles. The van der Waals surface area contributed by atoms with Gasteiger partial charge in [-0.1, -0.05) is 26.0 Å². The minimum Gasteiger partial charge on any atom is -0.461 e. The van der Waals surface area contributed by atoms with Crippen LogP contribution in [-0.4, -0.2) is 17.5 Å². The summed E-state index contributed by atoms with van der Waals surface area (Å²) in [7, 11) is 0. The van der Waals surface area contributed by atoms with Gasteiger partial charge in [-0.2, -0.15) is 0 Å². The number of rotatable bonds is 2. The molecule has 0 saturated heterocycles. The number of nitrogens with zero attached hydrogens (tertiary/aromatic N) is 1. The summed E-state index contributed by atoms with van der Waals surface area (Å²) in [6.07, 6.45) is 1.07. The number of Topliss-reactive ketones (excluding diaryl/α,β-unsaturated/α-hetero) is 1. The Kier molecular flexibility index (Phi) is 3.71. The highest BCUT2D eigenvalue weighted by molar-refractivity contribution is 6.00. The van der Waals surface area contributed by atoms with Crippen molar-refractivity contribution in [2.75, 3.05) is 6.79 Å². The number of hydrogen-bond donors (Lipinski definition) is 0. The monoisotopic (exact) mass is 393 g/mol. The molecule has 5 rings (SSSR count). The Morgan fingerprint density at radius 2 is 1.72 bits per heavy atom. The van der Waals surface area contributed by atoms with Crippen LogP contribution >= 0.6 is 0 Å². The lowest BCUT2D eigenvalue weighted by Gasteiger charge is -2.38. The SMILES string of the molecule is CC1(C)CC(=O)C2=C(C1)Oc1cc3c(cc1C2c1ccc([N+](=O)[O-])cc1)OCO3. The number of nitro groups is 1. The number of hydrogen-bond acceptors (Lipinski definition) is 6. The fourth-order valence-corrected chi connectivity index (χ4v) is 4.37. The van der Waals surface area contributed by atoms with E-state index in [1.165, 1.54) is 12.1 Å². The molecule has 0 aromatic heterocycles. The van der Waals surface area contributed by atoms with Crippen molar-refractivity contribution in [2.24, 2.45) is 5.41 Å². The van der Waals surface area contributed by atoms with Gasteiger partial charge in [0.15, 0.2) is 17.3 Å². The zero-order chi connectivity index (χ0) is 20.3. The van der Waals surface area contributed by atoms with Crippen molar-refractivity contribution in [3.63, 3.8) is 0 Å². The Bertz CT molecular complexity index is 1080. The van der Waals surface area contributed by atoms with Gasteiger partial charge in [0.05, 0.1) is 4.92 Å². The van der Waals surface area contributed by atoms with Crippen molar-refractivity contribution in [3.8, 4) is 17.2 Å². The van der Waals surface area contributed by atoms with Crippen LogP contribution in [-0.2, 0) is 4.79 Å². The van der Waals surface area contributed by atoms with Gasteiger partial charge in [-0.3, -0.25) is 14.9 Å². The zero-order valence-electron chi connectivity index (χ0n) is 16.1. The summed E-state index contributed by atoms with van der Waals surface area (Å²) in [4.78, 5) is 23.8. The Labute approximate surface area is 167 Å². The van der Waals surface area contributed by atoms with E-state index in [2.05, 4.69) is 0 Å². The van der Waals surface area contributed by atoms with Gasteiger partial charge in [0.2, 0.25) is 6.79 Å². The molecule has 0 saturated carbocycles. The standard InChI is InChI=1S/C22H19NO6/c1-22(2)9-15(24)21-19(10-22)29-16-8-18-17(27-11-28-18)7-14(16)20(21)12-3-5-13(6-4-12)23(25)26/h3-8,20H,9-11H2,1-2H3. The van der Waals surface area contributed by atoms with Crippen molar-refractivity contribution in [1.29, 1.82) is 0 Å². The molecule has 0 spiro atoms. The number of benzene rings is 2. The molecule has 0 fully saturated rings. The average Bonchev–Trinajstić information content (AvgIpc) is 3.11. The minimum atomic E-state index is -0.432. The first-order chi connectivity index (χ1) is 13.8. The molecule has 0 bridgehead atoms. The van der Waals surface area contributed by atoms with E-state index < -0.39 is 4.92 Å².